The molecule has 2 fully saturated rings. The van der Waals surface area contributed by atoms with Crippen LogP contribution in [0.25, 0.3) is 0 Å². The summed E-state index contributed by atoms with van der Waals surface area (Å²) in [7, 11) is -3.48. The number of carbonyl (C=O) groups excluding carboxylic acids is 1. The number of alkyl halides is 2. The van der Waals surface area contributed by atoms with Crippen molar-refractivity contribution in [2.24, 2.45) is 11.8 Å². The quantitative estimate of drug-likeness (QED) is 0.802. The van der Waals surface area contributed by atoms with Gasteiger partial charge in [-0.3, -0.25) is 4.79 Å². The number of carbonyl (C=O) groups is 1. The van der Waals surface area contributed by atoms with E-state index in [9.17, 15) is 13.2 Å². The Morgan fingerprint density at radius 2 is 1.92 bits per heavy atom. The zero-order chi connectivity index (χ0) is 17.5. The lowest BCUT2D eigenvalue weighted by molar-refractivity contribution is -0.117. The van der Waals surface area contributed by atoms with Gasteiger partial charge in [-0.15, -0.1) is 23.2 Å². The third-order valence-corrected chi connectivity index (χ3v) is 7.24. The van der Waals surface area contributed by atoms with Crippen molar-refractivity contribution in [1.82, 2.24) is 4.31 Å². The first-order valence-corrected chi connectivity index (χ1v) is 10.2. The minimum atomic E-state index is -3.48. The molecule has 1 saturated heterocycles. The number of benzene rings is 1. The van der Waals surface area contributed by atoms with E-state index in [1.165, 1.54) is 16.4 Å². The zero-order valence-corrected chi connectivity index (χ0v) is 15.7. The van der Waals surface area contributed by atoms with Gasteiger partial charge in [-0.05, 0) is 49.4 Å². The number of anilines is 1. The number of halogens is 2. The molecule has 0 spiro atoms. The van der Waals surface area contributed by atoms with Crippen molar-refractivity contribution in [2.45, 2.75) is 35.4 Å². The first-order chi connectivity index (χ1) is 11.2. The van der Waals surface area contributed by atoms with E-state index in [-0.39, 0.29) is 10.8 Å². The number of sulfonamides is 1. The van der Waals surface area contributed by atoms with E-state index in [4.69, 9.17) is 23.2 Å². The summed E-state index contributed by atoms with van der Waals surface area (Å²) in [4.78, 5) is 12.2. The Balaban J connectivity index is 1.68. The molecule has 2 aliphatic rings. The molecule has 1 aliphatic carbocycles. The lowest BCUT2D eigenvalue weighted by Crippen LogP contribution is -2.39. The molecule has 2 atom stereocenters. The van der Waals surface area contributed by atoms with Crippen LogP contribution in [0, 0.1) is 11.8 Å². The van der Waals surface area contributed by atoms with Crippen LogP contribution in [0.5, 0.6) is 0 Å². The molecule has 1 heterocycles. The van der Waals surface area contributed by atoms with E-state index in [0.717, 1.165) is 12.8 Å². The number of amides is 1. The summed E-state index contributed by atoms with van der Waals surface area (Å²) in [6.07, 6.45) is 2.37. The largest absolute Gasteiger partial charge is 0.326 e. The van der Waals surface area contributed by atoms with Gasteiger partial charge in [0.1, 0.15) is 4.33 Å². The fraction of sp³-hybridized carbons (Fsp3) is 0.562. The number of nitrogens with one attached hydrogen (secondary N) is 1. The maximum atomic E-state index is 12.7. The smallest absolute Gasteiger partial charge is 0.243 e. The molecule has 132 valence electrons. The highest BCUT2D eigenvalue weighted by Crippen LogP contribution is 2.53. The summed E-state index contributed by atoms with van der Waals surface area (Å²) in [5.74, 6) is -0.295. The summed E-state index contributed by atoms with van der Waals surface area (Å²) in [6.45, 7) is 3.17. The minimum absolute atomic E-state index is 0.241. The molecule has 8 heteroatoms. The first kappa shape index (κ1) is 18.0. The van der Waals surface area contributed by atoms with Crippen LogP contribution in [0.2, 0.25) is 0 Å². The molecular weight excluding hydrogens is 371 g/mol. The Labute approximate surface area is 152 Å². The highest BCUT2D eigenvalue weighted by atomic mass is 35.5. The van der Waals surface area contributed by atoms with Crippen molar-refractivity contribution in [3.05, 3.63) is 24.3 Å². The summed E-state index contributed by atoms with van der Waals surface area (Å²) < 4.78 is 25.9. The van der Waals surface area contributed by atoms with E-state index in [1.807, 2.05) is 0 Å². The first-order valence-electron chi connectivity index (χ1n) is 7.99. The van der Waals surface area contributed by atoms with Crippen molar-refractivity contribution in [2.75, 3.05) is 18.4 Å². The summed E-state index contributed by atoms with van der Waals surface area (Å²) in [5, 5.41) is 2.71. The number of nitrogens with zero attached hydrogens (tertiary/aromatic N) is 1. The maximum absolute atomic E-state index is 12.7. The van der Waals surface area contributed by atoms with Crippen molar-refractivity contribution >= 4 is 44.8 Å². The third kappa shape index (κ3) is 3.72. The molecular formula is C16H20Cl2N2O3S. The molecule has 24 heavy (non-hydrogen) atoms. The lowest BCUT2D eigenvalue weighted by atomic mass is 10.0. The Bertz CT molecular complexity index is 734. The monoisotopic (exact) mass is 390 g/mol. The number of piperidine rings is 1. The molecule has 1 aliphatic heterocycles. The molecule has 0 unspecified atom stereocenters. The van der Waals surface area contributed by atoms with Crippen LogP contribution < -0.4 is 5.32 Å². The molecule has 1 aromatic carbocycles. The Hall–Kier alpha value is -0.820. The second-order valence-electron chi connectivity index (χ2n) is 6.64. The van der Waals surface area contributed by atoms with Gasteiger partial charge in [0.05, 0.1) is 10.8 Å². The van der Waals surface area contributed by atoms with Crippen LogP contribution in [0.1, 0.15) is 26.2 Å². The van der Waals surface area contributed by atoms with Crippen LogP contribution >= 0.6 is 23.2 Å². The predicted molar refractivity (Wildman–Crippen MR) is 94.8 cm³/mol. The standard InChI is InChI=1S/C16H20Cl2N2O3S/c1-11-3-2-8-20(10-11)24(22,23)13-6-4-12(5-7-13)19-15(21)14-9-16(14,17)18/h4-7,11,14H,2-3,8-10H2,1H3,(H,19,21)/t11-,14-/m0/s1. The number of hydrogen-bond acceptors (Lipinski definition) is 3. The van der Waals surface area contributed by atoms with Gasteiger partial charge in [-0.25, -0.2) is 8.42 Å². The van der Waals surface area contributed by atoms with Crippen LogP contribution in [-0.2, 0) is 14.8 Å². The molecule has 0 bridgehead atoms. The molecule has 3 rings (SSSR count). The Morgan fingerprint density at radius 3 is 2.46 bits per heavy atom. The van der Waals surface area contributed by atoms with Crippen molar-refractivity contribution in [1.29, 1.82) is 0 Å². The average Bonchev–Trinajstić information content (AvgIpc) is 3.17. The molecule has 1 aromatic rings. The van der Waals surface area contributed by atoms with Crippen LogP contribution in [0.4, 0.5) is 5.69 Å². The van der Waals surface area contributed by atoms with E-state index in [0.29, 0.717) is 31.1 Å². The SMILES string of the molecule is C[C@H]1CCCN(S(=O)(=O)c2ccc(NC(=O)[C@@H]3CC3(Cl)Cl)cc2)C1. The lowest BCUT2D eigenvalue weighted by Gasteiger charge is -2.30. The van der Waals surface area contributed by atoms with Crippen LogP contribution in [-0.4, -0.2) is 36.1 Å². The topological polar surface area (TPSA) is 66.5 Å². The van der Waals surface area contributed by atoms with Gasteiger partial charge in [-0.1, -0.05) is 6.92 Å². The van der Waals surface area contributed by atoms with E-state index >= 15 is 0 Å². The highest BCUT2D eigenvalue weighted by molar-refractivity contribution is 7.89. The minimum Gasteiger partial charge on any atom is -0.326 e. The fourth-order valence-electron chi connectivity index (χ4n) is 2.95. The third-order valence-electron chi connectivity index (χ3n) is 4.52. The normalized spacial score (nSPS) is 26.8. The highest BCUT2D eigenvalue weighted by Gasteiger charge is 2.56. The Kier molecular flexibility index (Phi) is 4.86. The van der Waals surface area contributed by atoms with E-state index in [1.54, 1.807) is 12.1 Å². The van der Waals surface area contributed by atoms with Gasteiger partial charge in [0.25, 0.3) is 0 Å². The van der Waals surface area contributed by atoms with Crippen molar-refractivity contribution < 1.29 is 13.2 Å². The number of hydrogen-bond donors (Lipinski definition) is 1. The van der Waals surface area contributed by atoms with Gasteiger partial charge in [0.15, 0.2) is 0 Å². The summed E-state index contributed by atoms with van der Waals surface area (Å²) in [5.41, 5.74) is 0.530. The molecule has 0 radical (unpaired) electrons. The van der Waals surface area contributed by atoms with Crippen molar-refractivity contribution in [3.8, 4) is 0 Å². The maximum Gasteiger partial charge on any atom is 0.243 e. The van der Waals surface area contributed by atoms with Gasteiger partial charge in [0, 0.05) is 18.8 Å². The molecule has 5 nitrogen and oxygen atoms in total. The van der Waals surface area contributed by atoms with Gasteiger partial charge in [-0.2, -0.15) is 4.31 Å². The summed E-state index contributed by atoms with van der Waals surface area (Å²) in [6, 6.07) is 6.22. The second kappa shape index (κ2) is 6.48. The average molecular weight is 391 g/mol. The molecule has 1 amide bonds. The van der Waals surface area contributed by atoms with Gasteiger partial charge < -0.3 is 5.32 Å². The second-order valence-corrected chi connectivity index (χ2v) is 10.1. The van der Waals surface area contributed by atoms with E-state index < -0.39 is 20.3 Å². The van der Waals surface area contributed by atoms with Gasteiger partial charge >= 0.3 is 0 Å². The fourth-order valence-corrected chi connectivity index (χ4v) is 5.06. The van der Waals surface area contributed by atoms with Crippen LogP contribution in [0.15, 0.2) is 29.2 Å². The Morgan fingerprint density at radius 1 is 1.29 bits per heavy atom. The molecule has 1 saturated carbocycles. The summed E-state index contributed by atoms with van der Waals surface area (Å²) >= 11 is 11.7. The molecule has 0 aromatic heterocycles. The van der Waals surface area contributed by atoms with Crippen LogP contribution in [0.3, 0.4) is 0 Å². The molecule has 1 N–H and O–H groups in total. The number of rotatable bonds is 4. The van der Waals surface area contributed by atoms with Crippen molar-refractivity contribution in [3.63, 3.8) is 0 Å². The van der Waals surface area contributed by atoms with Gasteiger partial charge in [0.2, 0.25) is 15.9 Å². The van der Waals surface area contributed by atoms with E-state index in [2.05, 4.69) is 12.2 Å². The zero-order valence-electron chi connectivity index (χ0n) is 13.3. The predicted octanol–water partition coefficient (Wildman–Crippen LogP) is 3.24.